The van der Waals surface area contributed by atoms with E-state index in [0.29, 0.717) is 6.42 Å². The molecule has 7 nitrogen and oxygen atoms in total. The summed E-state index contributed by atoms with van der Waals surface area (Å²) in [6.07, 6.45) is 2.25. The van der Waals surface area contributed by atoms with Crippen LogP contribution in [0.25, 0.3) is 0 Å². The summed E-state index contributed by atoms with van der Waals surface area (Å²) in [7, 11) is 0. The van der Waals surface area contributed by atoms with Gasteiger partial charge in [-0.1, -0.05) is 11.6 Å². The molecule has 1 aromatic rings. The van der Waals surface area contributed by atoms with E-state index >= 15 is 0 Å². The molecule has 1 fully saturated rings. The van der Waals surface area contributed by atoms with Gasteiger partial charge in [-0.25, -0.2) is 9.38 Å². The van der Waals surface area contributed by atoms with Crippen molar-refractivity contribution in [2.45, 2.75) is 31.3 Å². The van der Waals surface area contributed by atoms with E-state index in [4.69, 9.17) is 23.1 Å². The molecule has 2 rings (SSSR count). The van der Waals surface area contributed by atoms with Crippen LogP contribution in [0.4, 0.5) is 10.1 Å². The third kappa shape index (κ3) is 4.56. The molecule has 0 saturated heterocycles. The van der Waals surface area contributed by atoms with Crippen LogP contribution in [-0.4, -0.2) is 29.9 Å². The summed E-state index contributed by atoms with van der Waals surface area (Å²) in [6.45, 7) is 0. The molecule has 0 bridgehead atoms. The number of aliphatic imine (C=N–C) groups is 1. The Hall–Kier alpha value is -2.35. The fourth-order valence-corrected chi connectivity index (χ4v) is 2.57. The minimum Gasteiger partial charge on any atom is -0.370 e. The summed E-state index contributed by atoms with van der Waals surface area (Å²) >= 11 is 5.55. The molecule has 2 amide bonds. The predicted molar refractivity (Wildman–Crippen MR) is 85.4 cm³/mol. The summed E-state index contributed by atoms with van der Waals surface area (Å²) in [5.74, 6) is -2.48. The monoisotopic (exact) mass is 341 g/mol. The summed E-state index contributed by atoms with van der Waals surface area (Å²) in [5, 5.41) is 4.82. The van der Waals surface area contributed by atoms with Gasteiger partial charge in [0.25, 0.3) is 0 Å². The van der Waals surface area contributed by atoms with E-state index in [9.17, 15) is 14.0 Å². The van der Waals surface area contributed by atoms with Gasteiger partial charge in [0.1, 0.15) is 5.82 Å². The van der Waals surface area contributed by atoms with Crippen molar-refractivity contribution in [3.05, 3.63) is 29.0 Å². The second-order valence-electron chi connectivity index (χ2n) is 5.22. The fourth-order valence-electron chi connectivity index (χ4n) is 2.45. The Morgan fingerprint density at radius 2 is 2.00 bits per heavy atom. The number of rotatable bonds is 3. The van der Waals surface area contributed by atoms with Gasteiger partial charge in [-0.3, -0.25) is 9.59 Å². The van der Waals surface area contributed by atoms with Crippen molar-refractivity contribution in [2.24, 2.45) is 16.5 Å². The summed E-state index contributed by atoms with van der Waals surface area (Å²) in [4.78, 5) is 27.8. The van der Waals surface area contributed by atoms with Crippen LogP contribution in [0, 0.1) is 5.82 Å². The molecule has 0 aliphatic heterocycles. The number of amides is 2. The largest absolute Gasteiger partial charge is 0.370 e. The molecule has 0 spiro atoms. The Labute approximate surface area is 137 Å². The molecule has 1 aliphatic carbocycles. The molecule has 0 unspecified atom stereocenters. The third-order valence-electron chi connectivity index (χ3n) is 3.49. The molecule has 1 aliphatic rings. The molecule has 0 heterocycles. The number of hydrogen-bond donors (Lipinski definition) is 4. The van der Waals surface area contributed by atoms with Crippen LogP contribution in [0.1, 0.15) is 19.3 Å². The van der Waals surface area contributed by atoms with Gasteiger partial charge in [0, 0.05) is 5.69 Å². The lowest BCUT2D eigenvalue weighted by Crippen LogP contribution is -2.45. The Balaban J connectivity index is 1.96. The average Bonchev–Trinajstić information content (AvgIpc) is 2.89. The van der Waals surface area contributed by atoms with Crippen molar-refractivity contribution in [1.82, 2.24) is 5.32 Å². The molecule has 9 heteroatoms. The Morgan fingerprint density at radius 1 is 1.26 bits per heavy atom. The maximum atomic E-state index is 13.3. The summed E-state index contributed by atoms with van der Waals surface area (Å²) < 4.78 is 13.3. The highest BCUT2D eigenvalue weighted by Gasteiger charge is 2.30. The van der Waals surface area contributed by atoms with Crippen molar-refractivity contribution in [3.63, 3.8) is 0 Å². The van der Waals surface area contributed by atoms with Crippen LogP contribution in [0.3, 0.4) is 0 Å². The first kappa shape index (κ1) is 17.0. The van der Waals surface area contributed by atoms with Gasteiger partial charge >= 0.3 is 11.8 Å². The number of nitrogens with zero attached hydrogens (tertiary/aromatic N) is 1. The zero-order valence-electron chi connectivity index (χ0n) is 12.2. The van der Waals surface area contributed by atoms with Crippen LogP contribution in [0.2, 0.25) is 5.02 Å². The Bertz CT molecular complexity index is 648. The van der Waals surface area contributed by atoms with Gasteiger partial charge in [0.15, 0.2) is 5.96 Å². The quantitative estimate of drug-likeness (QED) is 0.367. The summed E-state index contributed by atoms with van der Waals surface area (Å²) in [5.41, 5.74) is 10.8. The SMILES string of the molecule is NC(N)=N[C@H]1CCC[C@@H]1NC(=O)C(=O)Nc1ccc(Cl)c(F)c1. The zero-order valence-corrected chi connectivity index (χ0v) is 12.9. The fraction of sp³-hybridized carbons (Fsp3) is 0.357. The highest BCUT2D eigenvalue weighted by atomic mass is 35.5. The maximum Gasteiger partial charge on any atom is 0.313 e. The van der Waals surface area contributed by atoms with E-state index in [0.717, 1.165) is 18.9 Å². The molecule has 1 aromatic carbocycles. The number of halogens is 2. The van der Waals surface area contributed by atoms with E-state index in [-0.39, 0.29) is 28.8 Å². The number of nitrogens with two attached hydrogens (primary N) is 2. The summed E-state index contributed by atoms with van der Waals surface area (Å²) in [6, 6.07) is 3.16. The van der Waals surface area contributed by atoms with Crippen LogP contribution in [0.15, 0.2) is 23.2 Å². The van der Waals surface area contributed by atoms with Crippen molar-refractivity contribution in [1.29, 1.82) is 0 Å². The minimum atomic E-state index is -0.901. The van der Waals surface area contributed by atoms with Gasteiger partial charge in [0.05, 0.1) is 17.1 Å². The lowest BCUT2D eigenvalue weighted by Gasteiger charge is -2.17. The molecule has 6 N–H and O–H groups in total. The molecule has 1 saturated carbocycles. The lowest BCUT2D eigenvalue weighted by atomic mass is 10.2. The van der Waals surface area contributed by atoms with E-state index in [1.165, 1.54) is 12.1 Å². The smallest absolute Gasteiger partial charge is 0.313 e. The molecule has 23 heavy (non-hydrogen) atoms. The van der Waals surface area contributed by atoms with E-state index in [1.807, 2.05) is 0 Å². The number of hydrogen-bond acceptors (Lipinski definition) is 3. The van der Waals surface area contributed by atoms with Gasteiger partial charge in [-0.2, -0.15) is 0 Å². The lowest BCUT2D eigenvalue weighted by molar-refractivity contribution is -0.136. The number of carbonyl (C=O) groups excluding carboxylic acids is 2. The second-order valence-corrected chi connectivity index (χ2v) is 5.62. The van der Waals surface area contributed by atoms with Gasteiger partial charge in [-0.15, -0.1) is 0 Å². The molecule has 2 atom stereocenters. The maximum absolute atomic E-state index is 13.3. The van der Waals surface area contributed by atoms with Crippen LogP contribution in [-0.2, 0) is 9.59 Å². The average molecular weight is 342 g/mol. The number of nitrogens with one attached hydrogen (secondary N) is 2. The highest BCUT2D eigenvalue weighted by molar-refractivity contribution is 6.39. The van der Waals surface area contributed by atoms with Crippen molar-refractivity contribution < 1.29 is 14.0 Å². The van der Waals surface area contributed by atoms with Crippen LogP contribution < -0.4 is 22.1 Å². The van der Waals surface area contributed by atoms with Crippen LogP contribution in [0.5, 0.6) is 0 Å². The first-order chi connectivity index (χ1) is 10.9. The van der Waals surface area contributed by atoms with E-state index in [2.05, 4.69) is 15.6 Å². The zero-order chi connectivity index (χ0) is 17.0. The molecule has 124 valence electrons. The number of guanidine groups is 1. The molecule has 0 aromatic heterocycles. The number of benzene rings is 1. The predicted octanol–water partition coefficient (Wildman–Crippen LogP) is 0.728. The third-order valence-corrected chi connectivity index (χ3v) is 3.80. The van der Waals surface area contributed by atoms with Crippen LogP contribution >= 0.6 is 11.6 Å². The molecular formula is C14H17ClFN5O2. The topological polar surface area (TPSA) is 123 Å². The van der Waals surface area contributed by atoms with Gasteiger partial charge in [0.2, 0.25) is 0 Å². The molecular weight excluding hydrogens is 325 g/mol. The molecule has 0 radical (unpaired) electrons. The van der Waals surface area contributed by atoms with E-state index < -0.39 is 17.6 Å². The van der Waals surface area contributed by atoms with Crippen molar-refractivity contribution in [3.8, 4) is 0 Å². The highest BCUT2D eigenvalue weighted by Crippen LogP contribution is 2.22. The number of anilines is 1. The van der Waals surface area contributed by atoms with E-state index in [1.54, 1.807) is 0 Å². The normalized spacial score (nSPS) is 19.9. The Morgan fingerprint density at radius 3 is 2.65 bits per heavy atom. The standard InChI is InChI=1S/C14H17ClFN5O2/c15-8-5-4-7(6-9(8)16)19-12(22)13(23)20-10-2-1-3-11(10)21-14(17)18/h4-6,10-11H,1-3H2,(H,19,22)(H,20,23)(H4,17,18,21)/t10-,11-/m0/s1. The van der Waals surface area contributed by atoms with Gasteiger partial charge in [-0.05, 0) is 37.5 Å². The first-order valence-corrected chi connectivity index (χ1v) is 7.40. The Kier molecular flexibility index (Phi) is 5.38. The number of carbonyl (C=O) groups is 2. The van der Waals surface area contributed by atoms with Gasteiger partial charge < -0.3 is 22.1 Å². The minimum absolute atomic E-state index is 0.0581. The van der Waals surface area contributed by atoms with Crippen molar-refractivity contribution >= 4 is 35.1 Å². The first-order valence-electron chi connectivity index (χ1n) is 7.02. The van der Waals surface area contributed by atoms with Crippen molar-refractivity contribution in [2.75, 3.05) is 5.32 Å². The second kappa shape index (κ2) is 7.28.